The van der Waals surface area contributed by atoms with Crippen LogP contribution in [0.2, 0.25) is 36.3 Å². The predicted molar refractivity (Wildman–Crippen MR) is 115 cm³/mol. The number of fused-ring (bicyclic) bond motifs is 1. The first-order chi connectivity index (χ1) is 11.2. The van der Waals surface area contributed by atoms with Gasteiger partial charge in [0.2, 0.25) is 0 Å². The lowest BCUT2D eigenvalue weighted by Gasteiger charge is -2.38. The molecule has 0 bridgehead atoms. The molecule has 0 fully saturated rings. The summed E-state index contributed by atoms with van der Waals surface area (Å²) in [5, 5.41) is 3.18. The molecule has 140 valence electrons. The van der Waals surface area contributed by atoms with E-state index in [-0.39, 0.29) is 10.1 Å². The Morgan fingerprint density at radius 2 is 1.44 bits per heavy atom. The van der Waals surface area contributed by atoms with Gasteiger partial charge in [0.15, 0.2) is 8.32 Å². The summed E-state index contributed by atoms with van der Waals surface area (Å²) in [6, 6.07) is 8.47. The summed E-state index contributed by atoms with van der Waals surface area (Å²) in [6.07, 6.45) is 0. The molecule has 2 rings (SSSR count). The van der Waals surface area contributed by atoms with E-state index in [9.17, 15) is 0 Å². The van der Waals surface area contributed by atoms with E-state index >= 15 is 0 Å². The van der Waals surface area contributed by atoms with Crippen LogP contribution in [0.15, 0.2) is 28.7 Å². The molecule has 1 aromatic heterocycles. The lowest BCUT2D eigenvalue weighted by atomic mass is 10.2. The summed E-state index contributed by atoms with van der Waals surface area (Å²) >= 11 is 0. The van der Waals surface area contributed by atoms with Crippen molar-refractivity contribution in [1.29, 1.82) is 0 Å². The zero-order chi connectivity index (χ0) is 19.3. The first kappa shape index (κ1) is 20.5. The van der Waals surface area contributed by atoms with Crippen molar-refractivity contribution in [2.75, 3.05) is 0 Å². The number of rotatable bonds is 4. The number of hydrogen-bond donors (Lipinski definition) is 0. The second-order valence-electron chi connectivity index (χ2n) is 10.3. The molecule has 1 heterocycles. The summed E-state index contributed by atoms with van der Waals surface area (Å²) in [7, 11) is -3.55. The van der Waals surface area contributed by atoms with Gasteiger partial charge in [0.1, 0.15) is 11.3 Å². The van der Waals surface area contributed by atoms with E-state index in [1.54, 1.807) is 0 Å². The molecule has 0 aliphatic carbocycles. The van der Waals surface area contributed by atoms with E-state index in [4.69, 9.17) is 8.84 Å². The first-order valence-electron chi connectivity index (χ1n) is 9.33. The molecular weight excluding hydrogens is 340 g/mol. The van der Waals surface area contributed by atoms with Crippen LogP contribution >= 0.6 is 0 Å². The highest BCUT2D eigenvalue weighted by atomic mass is 28.4. The molecule has 25 heavy (non-hydrogen) atoms. The lowest BCUT2D eigenvalue weighted by Crippen LogP contribution is -2.51. The van der Waals surface area contributed by atoms with Gasteiger partial charge >= 0.3 is 0 Å². The molecule has 0 aliphatic rings. The summed E-state index contributed by atoms with van der Waals surface area (Å²) in [5.74, 6) is 1.05. The van der Waals surface area contributed by atoms with Crippen molar-refractivity contribution in [3.8, 4) is 0 Å². The van der Waals surface area contributed by atoms with Crippen LogP contribution in [0, 0.1) is 0 Å². The van der Waals surface area contributed by atoms with Gasteiger partial charge in [0.05, 0.1) is 14.7 Å². The van der Waals surface area contributed by atoms with Gasteiger partial charge in [0, 0.05) is 5.39 Å². The fraction of sp³-hybridized carbons (Fsp3) is 0.619. The van der Waals surface area contributed by atoms with Gasteiger partial charge in [-0.2, -0.15) is 0 Å². The van der Waals surface area contributed by atoms with Crippen molar-refractivity contribution < 1.29 is 8.84 Å². The molecule has 0 N–H and O–H groups in total. The molecule has 4 heteroatoms. The van der Waals surface area contributed by atoms with Crippen LogP contribution in [0.5, 0.6) is 0 Å². The highest BCUT2D eigenvalue weighted by Gasteiger charge is 2.42. The molecule has 2 aromatic rings. The Balaban J connectivity index is 2.53. The molecule has 0 saturated carbocycles. The topological polar surface area (TPSA) is 22.4 Å². The molecule has 0 unspecified atom stereocenters. The third kappa shape index (κ3) is 3.81. The van der Waals surface area contributed by atoms with Gasteiger partial charge in [-0.05, 0) is 34.4 Å². The van der Waals surface area contributed by atoms with Crippen LogP contribution in [0.4, 0.5) is 0 Å². The van der Waals surface area contributed by atoms with E-state index in [1.165, 1.54) is 10.6 Å². The van der Waals surface area contributed by atoms with Crippen LogP contribution in [0.25, 0.3) is 11.0 Å². The van der Waals surface area contributed by atoms with Crippen LogP contribution in [-0.2, 0) is 11.0 Å². The third-order valence-corrected chi connectivity index (χ3v) is 16.6. The van der Waals surface area contributed by atoms with Crippen molar-refractivity contribution in [1.82, 2.24) is 0 Å². The fourth-order valence-corrected chi connectivity index (χ4v) is 6.10. The molecular formula is C21H36O2Si2. The average molecular weight is 377 g/mol. The van der Waals surface area contributed by atoms with Crippen molar-refractivity contribution in [2.24, 2.45) is 0 Å². The Morgan fingerprint density at radius 1 is 0.880 bits per heavy atom. The molecule has 0 amide bonds. The van der Waals surface area contributed by atoms with Crippen LogP contribution in [0.3, 0.4) is 0 Å². The Morgan fingerprint density at radius 3 is 1.96 bits per heavy atom. The number of furan rings is 1. The van der Waals surface area contributed by atoms with Gasteiger partial charge in [-0.25, -0.2) is 0 Å². The number of benzene rings is 1. The maximum Gasteiger partial charge on any atom is 0.192 e. The standard InChI is InChI=1S/C21H36O2Si2/c1-20(2,3)24(7,8)19-16-13-11-12-14-17(16)23-18(19)15-22-25(9,10)21(4,5)6/h11-14H,15H2,1-10H3. The van der Waals surface area contributed by atoms with E-state index in [0.29, 0.717) is 6.61 Å². The molecule has 0 radical (unpaired) electrons. The van der Waals surface area contributed by atoms with E-state index in [2.05, 4.69) is 92.0 Å². The Labute approximate surface area is 156 Å². The largest absolute Gasteiger partial charge is 0.459 e. The van der Waals surface area contributed by atoms with E-state index in [0.717, 1.165) is 11.3 Å². The summed E-state index contributed by atoms with van der Waals surface area (Å²) in [6.45, 7) is 24.1. The zero-order valence-corrected chi connectivity index (χ0v) is 19.8. The molecule has 2 nitrogen and oxygen atoms in total. The SMILES string of the molecule is CC(C)(C)[Si](C)(C)OCc1oc2ccccc2c1[Si](C)(C)C(C)(C)C. The van der Waals surface area contributed by atoms with Crippen LogP contribution in [0.1, 0.15) is 47.3 Å². The maximum atomic E-state index is 6.53. The minimum atomic E-state index is -1.81. The number of para-hydroxylation sites is 1. The Bertz CT molecular complexity index is 743. The predicted octanol–water partition coefficient (Wildman–Crippen LogP) is 6.67. The zero-order valence-electron chi connectivity index (χ0n) is 17.8. The number of hydrogen-bond acceptors (Lipinski definition) is 2. The van der Waals surface area contributed by atoms with Gasteiger partial charge in [-0.3, -0.25) is 0 Å². The smallest absolute Gasteiger partial charge is 0.192 e. The maximum absolute atomic E-state index is 6.53. The minimum absolute atomic E-state index is 0.205. The Hall–Kier alpha value is -0.846. The van der Waals surface area contributed by atoms with Gasteiger partial charge in [0.25, 0.3) is 0 Å². The summed E-state index contributed by atoms with van der Waals surface area (Å²) in [4.78, 5) is 0. The molecule has 0 atom stereocenters. The summed E-state index contributed by atoms with van der Waals surface area (Å²) < 4.78 is 12.8. The monoisotopic (exact) mass is 376 g/mol. The fourth-order valence-electron chi connectivity index (χ4n) is 2.72. The van der Waals surface area contributed by atoms with Crippen molar-refractivity contribution >= 4 is 32.5 Å². The second-order valence-corrected chi connectivity index (χ2v) is 20.4. The first-order valence-corrected chi connectivity index (χ1v) is 15.2. The molecule has 0 spiro atoms. The highest BCUT2D eigenvalue weighted by molar-refractivity contribution is 6.94. The van der Waals surface area contributed by atoms with Gasteiger partial charge in [-0.15, -0.1) is 0 Å². The average Bonchev–Trinajstić information content (AvgIpc) is 2.81. The van der Waals surface area contributed by atoms with Crippen molar-refractivity contribution in [2.45, 2.75) is 84.4 Å². The Kier molecular flexibility index (Phi) is 5.24. The van der Waals surface area contributed by atoms with Crippen LogP contribution < -0.4 is 5.19 Å². The minimum Gasteiger partial charge on any atom is -0.459 e. The van der Waals surface area contributed by atoms with E-state index in [1.807, 2.05) is 0 Å². The van der Waals surface area contributed by atoms with Gasteiger partial charge in [-0.1, -0.05) is 72.8 Å². The van der Waals surface area contributed by atoms with Crippen molar-refractivity contribution in [3.05, 3.63) is 30.0 Å². The van der Waals surface area contributed by atoms with Crippen molar-refractivity contribution in [3.63, 3.8) is 0 Å². The van der Waals surface area contributed by atoms with Gasteiger partial charge < -0.3 is 8.84 Å². The quantitative estimate of drug-likeness (QED) is 0.556. The second kappa shape index (κ2) is 6.40. The third-order valence-electron chi connectivity index (χ3n) is 6.54. The normalized spacial score (nSPS) is 14.3. The summed E-state index contributed by atoms with van der Waals surface area (Å²) in [5.41, 5.74) is 0.996. The molecule has 0 aliphatic heterocycles. The lowest BCUT2D eigenvalue weighted by molar-refractivity contribution is 0.251. The van der Waals surface area contributed by atoms with E-state index < -0.39 is 16.4 Å². The highest BCUT2D eigenvalue weighted by Crippen LogP contribution is 2.40. The molecule has 1 aromatic carbocycles. The molecule has 0 saturated heterocycles. The van der Waals surface area contributed by atoms with Crippen LogP contribution in [-0.4, -0.2) is 16.4 Å².